The Hall–Kier alpha value is -2.41. The molecule has 0 aromatic carbocycles. The number of anilines is 1. The molecule has 0 unspecified atom stereocenters. The fourth-order valence-electron chi connectivity index (χ4n) is 3.33. The Morgan fingerprint density at radius 2 is 2.24 bits per heavy atom. The summed E-state index contributed by atoms with van der Waals surface area (Å²) in [6.07, 6.45) is 4.78. The van der Waals surface area contributed by atoms with E-state index in [4.69, 9.17) is 0 Å². The van der Waals surface area contributed by atoms with Gasteiger partial charge in [-0.25, -0.2) is 0 Å². The summed E-state index contributed by atoms with van der Waals surface area (Å²) in [5, 5.41) is 13.7. The number of thiophene rings is 1. The molecule has 4 rings (SSSR count). The highest BCUT2D eigenvalue weighted by molar-refractivity contribution is 7.09. The second-order valence-electron chi connectivity index (χ2n) is 6.33. The van der Waals surface area contributed by atoms with Crippen molar-refractivity contribution in [3.05, 3.63) is 46.8 Å². The first-order valence-electron chi connectivity index (χ1n) is 8.66. The number of nitrogens with zero attached hydrogens (tertiary/aromatic N) is 4. The van der Waals surface area contributed by atoms with Crippen LogP contribution in [0, 0.1) is 5.92 Å². The molecular formula is C18H21N5OS. The van der Waals surface area contributed by atoms with Crippen LogP contribution in [-0.4, -0.2) is 40.1 Å². The zero-order chi connectivity index (χ0) is 17.1. The van der Waals surface area contributed by atoms with E-state index in [1.807, 2.05) is 34.9 Å². The Kier molecular flexibility index (Phi) is 4.65. The van der Waals surface area contributed by atoms with Crippen LogP contribution in [0.3, 0.4) is 0 Å². The summed E-state index contributed by atoms with van der Waals surface area (Å²) in [5.74, 6) is 0.981. The van der Waals surface area contributed by atoms with Gasteiger partial charge in [-0.05, 0) is 42.8 Å². The lowest BCUT2D eigenvalue weighted by Gasteiger charge is -2.31. The van der Waals surface area contributed by atoms with E-state index in [-0.39, 0.29) is 11.8 Å². The first-order valence-corrected chi connectivity index (χ1v) is 9.54. The minimum Gasteiger partial charge on any atom is -0.355 e. The molecule has 3 aromatic heterocycles. The molecule has 1 aliphatic heterocycles. The number of pyridine rings is 1. The Bertz CT molecular complexity index is 844. The van der Waals surface area contributed by atoms with Gasteiger partial charge in [-0.3, -0.25) is 9.20 Å². The van der Waals surface area contributed by atoms with Crippen molar-refractivity contribution in [2.75, 3.05) is 24.5 Å². The second kappa shape index (κ2) is 7.23. The van der Waals surface area contributed by atoms with E-state index in [0.29, 0.717) is 13.1 Å². The Balaban J connectivity index is 1.38. The molecule has 6 nitrogen and oxygen atoms in total. The van der Waals surface area contributed by atoms with Gasteiger partial charge < -0.3 is 10.2 Å². The molecule has 0 spiro atoms. The highest BCUT2D eigenvalue weighted by atomic mass is 32.1. The van der Waals surface area contributed by atoms with Crippen LogP contribution in [0.15, 0.2) is 41.9 Å². The SMILES string of the molecule is O=C(NCCc1cccs1)[C@H]1CCCN(c2nnc3ccccn23)C1. The number of carbonyl (C=O) groups excluding carboxylic acids is 1. The van der Waals surface area contributed by atoms with Crippen LogP contribution in [0.25, 0.3) is 5.65 Å². The van der Waals surface area contributed by atoms with E-state index in [2.05, 4.69) is 31.9 Å². The third-order valence-corrected chi connectivity index (χ3v) is 5.56. The molecule has 3 aromatic rings. The molecule has 4 heterocycles. The van der Waals surface area contributed by atoms with E-state index in [9.17, 15) is 4.79 Å². The van der Waals surface area contributed by atoms with Crippen LogP contribution in [0.2, 0.25) is 0 Å². The van der Waals surface area contributed by atoms with Crippen LogP contribution in [-0.2, 0) is 11.2 Å². The van der Waals surface area contributed by atoms with Crippen molar-refractivity contribution in [3.63, 3.8) is 0 Å². The maximum atomic E-state index is 12.5. The molecule has 7 heteroatoms. The number of hydrogen-bond donors (Lipinski definition) is 1. The summed E-state index contributed by atoms with van der Waals surface area (Å²) in [6, 6.07) is 10.0. The number of piperidine rings is 1. The highest BCUT2D eigenvalue weighted by Crippen LogP contribution is 2.22. The quantitative estimate of drug-likeness (QED) is 0.763. The lowest BCUT2D eigenvalue weighted by Crippen LogP contribution is -2.44. The van der Waals surface area contributed by atoms with Gasteiger partial charge in [0.2, 0.25) is 11.9 Å². The molecule has 0 aliphatic carbocycles. The fraction of sp³-hybridized carbons (Fsp3) is 0.389. The minimum atomic E-state index is 0.00754. The van der Waals surface area contributed by atoms with Crippen LogP contribution in [0.4, 0.5) is 5.95 Å². The Morgan fingerprint density at radius 3 is 3.12 bits per heavy atom. The molecule has 1 fully saturated rings. The first kappa shape index (κ1) is 16.1. The maximum Gasteiger partial charge on any atom is 0.231 e. The van der Waals surface area contributed by atoms with Crippen molar-refractivity contribution in [1.29, 1.82) is 0 Å². The smallest absolute Gasteiger partial charge is 0.231 e. The van der Waals surface area contributed by atoms with Gasteiger partial charge in [0.05, 0.1) is 5.92 Å². The first-order chi connectivity index (χ1) is 12.3. The molecule has 130 valence electrons. The second-order valence-corrected chi connectivity index (χ2v) is 7.37. The third-order valence-electron chi connectivity index (χ3n) is 4.62. The molecule has 25 heavy (non-hydrogen) atoms. The average Bonchev–Trinajstić information content (AvgIpc) is 3.31. The minimum absolute atomic E-state index is 0.00754. The average molecular weight is 355 g/mol. The number of aromatic nitrogens is 3. The van der Waals surface area contributed by atoms with Gasteiger partial charge in [-0.1, -0.05) is 12.1 Å². The lowest BCUT2D eigenvalue weighted by atomic mass is 9.97. The largest absolute Gasteiger partial charge is 0.355 e. The van der Waals surface area contributed by atoms with Gasteiger partial charge in [0.15, 0.2) is 5.65 Å². The molecular weight excluding hydrogens is 334 g/mol. The van der Waals surface area contributed by atoms with Crippen molar-refractivity contribution in [2.24, 2.45) is 5.92 Å². The van der Waals surface area contributed by atoms with Gasteiger partial charge in [-0.15, -0.1) is 21.5 Å². The van der Waals surface area contributed by atoms with Crippen molar-refractivity contribution >= 4 is 28.8 Å². The van der Waals surface area contributed by atoms with E-state index < -0.39 is 0 Å². The molecule has 0 bridgehead atoms. The van der Waals surface area contributed by atoms with Crippen LogP contribution < -0.4 is 10.2 Å². The fourth-order valence-corrected chi connectivity index (χ4v) is 4.03. The number of rotatable bonds is 5. The standard InChI is InChI=1S/C18H21N5OS/c24-17(19-9-8-15-6-4-12-25-15)14-5-3-10-22(13-14)18-21-20-16-7-1-2-11-23(16)18/h1-2,4,6-7,11-12,14H,3,5,8-10,13H2,(H,19,24)/t14-/m0/s1. The topological polar surface area (TPSA) is 62.5 Å². The normalized spacial score (nSPS) is 17.8. The maximum absolute atomic E-state index is 12.5. The Morgan fingerprint density at radius 1 is 1.28 bits per heavy atom. The number of carbonyl (C=O) groups is 1. The van der Waals surface area contributed by atoms with Crippen LogP contribution >= 0.6 is 11.3 Å². The summed E-state index contributed by atoms with van der Waals surface area (Å²) >= 11 is 1.73. The number of amides is 1. The van der Waals surface area contributed by atoms with Crippen LogP contribution in [0.5, 0.6) is 0 Å². The molecule has 1 amide bonds. The summed E-state index contributed by atoms with van der Waals surface area (Å²) in [6.45, 7) is 2.30. The van der Waals surface area contributed by atoms with Gasteiger partial charge in [0.1, 0.15) is 0 Å². The molecule has 0 radical (unpaired) electrons. The summed E-state index contributed by atoms with van der Waals surface area (Å²) in [7, 11) is 0. The summed E-state index contributed by atoms with van der Waals surface area (Å²) in [4.78, 5) is 16.0. The molecule has 1 atom stereocenters. The van der Waals surface area contributed by atoms with Crippen molar-refractivity contribution in [3.8, 4) is 0 Å². The number of hydrogen-bond acceptors (Lipinski definition) is 5. The van der Waals surface area contributed by atoms with E-state index in [0.717, 1.165) is 37.4 Å². The van der Waals surface area contributed by atoms with Gasteiger partial charge in [0.25, 0.3) is 0 Å². The van der Waals surface area contributed by atoms with Gasteiger partial charge in [0, 0.05) is 30.7 Å². The van der Waals surface area contributed by atoms with Crippen molar-refractivity contribution in [2.45, 2.75) is 19.3 Å². The molecule has 1 saturated heterocycles. The lowest BCUT2D eigenvalue weighted by molar-refractivity contribution is -0.125. The predicted molar refractivity (Wildman–Crippen MR) is 99.0 cm³/mol. The molecule has 1 aliphatic rings. The van der Waals surface area contributed by atoms with E-state index in [1.54, 1.807) is 11.3 Å². The van der Waals surface area contributed by atoms with E-state index >= 15 is 0 Å². The zero-order valence-corrected chi connectivity index (χ0v) is 14.8. The highest BCUT2D eigenvalue weighted by Gasteiger charge is 2.27. The van der Waals surface area contributed by atoms with Gasteiger partial charge >= 0.3 is 0 Å². The Labute approximate surface area is 150 Å². The number of fused-ring (bicyclic) bond motifs is 1. The monoisotopic (exact) mass is 355 g/mol. The van der Waals surface area contributed by atoms with Crippen molar-refractivity contribution in [1.82, 2.24) is 19.9 Å². The molecule has 0 saturated carbocycles. The van der Waals surface area contributed by atoms with Crippen molar-refractivity contribution < 1.29 is 4.79 Å². The van der Waals surface area contributed by atoms with Gasteiger partial charge in [-0.2, -0.15) is 0 Å². The molecule has 1 N–H and O–H groups in total. The zero-order valence-electron chi connectivity index (χ0n) is 14.0. The predicted octanol–water partition coefficient (Wildman–Crippen LogP) is 2.37. The van der Waals surface area contributed by atoms with E-state index in [1.165, 1.54) is 4.88 Å². The summed E-state index contributed by atoms with van der Waals surface area (Å²) < 4.78 is 1.98. The van der Waals surface area contributed by atoms with Crippen LogP contribution in [0.1, 0.15) is 17.7 Å². The summed E-state index contributed by atoms with van der Waals surface area (Å²) in [5.41, 5.74) is 0.833. The number of nitrogens with one attached hydrogen (secondary N) is 1. The third kappa shape index (κ3) is 3.51.